The van der Waals surface area contributed by atoms with Gasteiger partial charge in [0.25, 0.3) is 0 Å². The van der Waals surface area contributed by atoms with E-state index in [1.807, 2.05) is 38.1 Å². The minimum absolute atomic E-state index is 0.0428. The minimum Gasteiger partial charge on any atom is -0.486 e. The highest BCUT2D eigenvalue weighted by Crippen LogP contribution is 2.30. The third-order valence-electron chi connectivity index (χ3n) is 3.42. The molecule has 1 unspecified atom stereocenters. The molecule has 0 aromatic heterocycles. The highest BCUT2D eigenvalue weighted by molar-refractivity contribution is 5.77. The Morgan fingerprint density at radius 1 is 1.33 bits per heavy atom. The molecule has 5 heteroatoms. The molecule has 0 spiro atoms. The van der Waals surface area contributed by atoms with Crippen molar-refractivity contribution in [3.05, 3.63) is 24.3 Å². The van der Waals surface area contributed by atoms with Gasteiger partial charge >= 0.3 is 0 Å². The van der Waals surface area contributed by atoms with Crippen LogP contribution in [0, 0.1) is 0 Å². The molecule has 1 aliphatic heterocycles. The topological polar surface area (TPSA) is 50.8 Å². The van der Waals surface area contributed by atoms with E-state index >= 15 is 0 Å². The van der Waals surface area contributed by atoms with Crippen LogP contribution in [-0.4, -0.2) is 49.7 Å². The molecule has 1 aromatic carbocycles. The van der Waals surface area contributed by atoms with E-state index in [0.29, 0.717) is 19.7 Å². The molecule has 2 rings (SSSR count). The lowest BCUT2D eigenvalue weighted by molar-refractivity contribution is -0.122. The second kappa shape index (κ2) is 7.88. The number of hydrogen-bond donors (Lipinski definition) is 1. The van der Waals surface area contributed by atoms with Crippen LogP contribution in [-0.2, 0) is 4.79 Å². The average molecular weight is 292 g/mol. The van der Waals surface area contributed by atoms with Gasteiger partial charge in [0.05, 0.1) is 6.54 Å². The number of amides is 1. The van der Waals surface area contributed by atoms with E-state index in [-0.39, 0.29) is 12.0 Å². The lowest BCUT2D eigenvalue weighted by Crippen LogP contribution is -2.45. The second-order valence-corrected chi connectivity index (χ2v) is 5.18. The molecule has 1 N–H and O–H groups in total. The zero-order valence-corrected chi connectivity index (χ0v) is 12.8. The number of carbonyl (C=O) groups excluding carboxylic acids is 1. The van der Waals surface area contributed by atoms with E-state index in [0.717, 1.165) is 31.0 Å². The first-order valence-electron chi connectivity index (χ1n) is 7.60. The maximum atomic E-state index is 11.8. The number of rotatable bonds is 7. The minimum atomic E-state index is -0.0428. The molecule has 0 saturated carbocycles. The molecule has 116 valence electrons. The fraction of sp³-hybridized carbons (Fsp3) is 0.562. The number of fused-ring (bicyclic) bond motifs is 1. The summed E-state index contributed by atoms with van der Waals surface area (Å²) in [6.07, 6.45) is 0.910. The van der Waals surface area contributed by atoms with Crippen molar-refractivity contribution in [2.75, 3.05) is 32.8 Å². The summed E-state index contributed by atoms with van der Waals surface area (Å²) < 4.78 is 11.6. The van der Waals surface area contributed by atoms with Crippen molar-refractivity contribution < 1.29 is 14.3 Å². The lowest BCUT2D eigenvalue weighted by atomic mass is 10.2. The summed E-state index contributed by atoms with van der Waals surface area (Å²) in [4.78, 5) is 13.9. The van der Waals surface area contributed by atoms with E-state index in [4.69, 9.17) is 9.47 Å². The van der Waals surface area contributed by atoms with E-state index in [9.17, 15) is 4.79 Å². The summed E-state index contributed by atoms with van der Waals surface area (Å²) in [5.74, 6) is 1.63. The number of nitrogens with one attached hydrogen (secondary N) is 1. The normalized spacial score (nSPS) is 16.8. The molecule has 1 aliphatic rings. The van der Waals surface area contributed by atoms with Crippen molar-refractivity contribution >= 4 is 5.91 Å². The maximum absolute atomic E-state index is 11.8. The van der Waals surface area contributed by atoms with Crippen LogP contribution in [0.5, 0.6) is 11.5 Å². The van der Waals surface area contributed by atoms with Gasteiger partial charge in [-0.1, -0.05) is 26.0 Å². The molecular formula is C16H24N2O3. The molecule has 1 amide bonds. The highest BCUT2D eigenvalue weighted by Gasteiger charge is 2.23. The van der Waals surface area contributed by atoms with Crippen LogP contribution < -0.4 is 14.8 Å². The van der Waals surface area contributed by atoms with Gasteiger partial charge in [0.1, 0.15) is 12.7 Å². The van der Waals surface area contributed by atoms with Crippen LogP contribution in [0.3, 0.4) is 0 Å². The Hall–Kier alpha value is -1.75. The Bertz CT molecular complexity index is 465. The summed E-state index contributed by atoms with van der Waals surface area (Å²) in [6, 6.07) is 7.67. The number of para-hydroxylation sites is 2. The molecule has 5 nitrogen and oxygen atoms in total. The summed E-state index contributed by atoms with van der Waals surface area (Å²) >= 11 is 0. The number of carbonyl (C=O) groups is 1. The number of ether oxygens (including phenoxy) is 2. The first-order chi connectivity index (χ1) is 10.2. The van der Waals surface area contributed by atoms with Crippen LogP contribution in [0.1, 0.15) is 20.3 Å². The molecule has 21 heavy (non-hydrogen) atoms. The fourth-order valence-corrected chi connectivity index (χ4v) is 2.27. The van der Waals surface area contributed by atoms with Crippen molar-refractivity contribution in [2.45, 2.75) is 26.4 Å². The molecule has 1 aromatic rings. The van der Waals surface area contributed by atoms with E-state index in [2.05, 4.69) is 10.2 Å². The number of benzene rings is 1. The first kappa shape index (κ1) is 15.6. The fourth-order valence-electron chi connectivity index (χ4n) is 2.27. The van der Waals surface area contributed by atoms with Gasteiger partial charge in [0.2, 0.25) is 5.91 Å². The summed E-state index contributed by atoms with van der Waals surface area (Å²) in [5.41, 5.74) is 0. The second-order valence-electron chi connectivity index (χ2n) is 5.18. The smallest absolute Gasteiger partial charge is 0.234 e. The van der Waals surface area contributed by atoms with Gasteiger partial charge in [-0.15, -0.1) is 0 Å². The molecule has 0 aliphatic carbocycles. The van der Waals surface area contributed by atoms with Crippen molar-refractivity contribution in [1.82, 2.24) is 10.2 Å². The van der Waals surface area contributed by atoms with Crippen LogP contribution in [0.15, 0.2) is 24.3 Å². The average Bonchev–Trinajstić information content (AvgIpc) is 2.52. The third kappa shape index (κ3) is 4.63. The summed E-state index contributed by atoms with van der Waals surface area (Å²) in [6.45, 7) is 7.23. The van der Waals surface area contributed by atoms with E-state index < -0.39 is 0 Å². The van der Waals surface area contributed by atoms with Crippen LogP contribution in [0.2, 0.25) is 0 Å². The first-order valence-corrected chi connectivity index (χ1v) is 7.60. The Kier molecular flexibility index (Phi) is 5.87. The van der Waals surface area contributed by atoms with Crippen molar-refractivity contribution in [3.8, 4) is 11.5 Å². The Morgan fingerprint density at radius 2 is 2.10 bits per heavy atom. The van der Waals surface area contributed by atoms with Gasteiger partial charge in [-0.2, -0.15) is 0 Å². The van der Waals surface area contributed by atoms with Crippen LogP contribution >= 0.6 is 0 Å². The van der Waals surface area contributed by atoms with Gasteiger partial charge in [0.15, 0.2) is 11.5 Å². The largest absolute Gasteiger partial charge is 0.486 e. The summed E-state index contributed by atoms with van der Waals surface area (Å²) in [7, 11) is 0. The Morgan fingerprint density at radius 3 is 2.81 bits per heavy atom. The highest BCUT2D eigenvalue weighted by atomic mass is 16.6. The molecule has 0 saturated heterocycles. The Balaban J connectivity index is 1.84. The number of hydrogen-bond acceptors (Lipinski definition) is 4. The van der Waals surface area contributed by atoms with Gasteiger partial charge < -0.3 is 14.8 Å². The van der Waals surface area contributed by atoms with Gasteiger partial charge in [0, 0.05) is 13.1 Å². The molecule has 1 heterocycles. The zero-order chi connectivity index (χ0) is 15.1. The predicted molar refractivity (Wildman–Crippen MR) is 81.8 cm³/mol. The Labute approximate surface area is 126 Å². The van der Waals surface area contributed by atoms with Crippen LogP contribution in [0.4, 0.5) is 0 Å². The van der Waals surface area contributed by atoms with Crippen molar-refractivity contribution in [1.29, 1.82) is 0 Å². The third-order valence-corrected chi connectivity index (χ3v) is 3.42. The zero-order valence-electron chi connectivity index (χ0n) is 12.8. The van der Waals surface area contributed by atoms with Crippen molar-refractivity contribution in [2.24, 2.45) is 0 Å². The van der Waals surface area contributed by atoms with Gasteiger partial charge in [-0.05, 0) is 25.1 Å². The monoisotopic (exact) mass is 292 g/mol. The summed E-state index contributed by atoms with van der Waals surface area (Å²) in [5, 5.41) is 2.90. The molecule has 0 radical (unpaired) electrons. The SMILES string of the molecule is CCCNC(=O)CN(CC)CC1COc2ccccc2O1. The van der Waals surface area contributed by atoms with Crippen molar-refractivity contribution in [3.63, 3.8) is 0 Å². The quantitative estimate of drug-likeness (QED) is 0.830. The lowest BCUT2D eigenvalue weighted by Gasteiger charge is -2.30. The molecular weight excluding hydrogens is 268 g/mol. The molecule has 1 atom stereocenters. The van der Waals surface area contributed by atoms with Gasteiger partial charge in [-0.25, -0.2) is 0 Å². The molecule has 0 fully saturated rings. The van der Waals surface area contributed by atoms with E-state index in [1.54, 1.807) is 0 Å². The number of likely N-dealkylation sites (N-methyl/N-ethyl adjacent to an activating group) is 1. The standard InChI is InChI=1S/C16H24N2O3/c1-3-9-17-16(19)11-18(4-2)10-13-12-20-14-7-5-6-8-15(14)21-13/h5-8,13H,3-4,9-12H2,1-2H3,(H,17,19). The number of nitrogens with zero attached hydrogens (tertiary/aromatic N) is 1. The van der Waals surface area contributed by atoms with Gasteiger partial charge in [-0.3, -0.25) is 9.69 Å². The predicted octanol–water partition coefficient (Wildman–Crippen LogP) is 1.67. The van der Waals surface area contributed by atoms with Crippen LogP contribution in [0.25, 0.3) is 0 Å². The molecule has 0 bridgehead atoms. The maximum Gasteiger partial charge on any atom is 0.234 e. The van der Waals surface area contributed by atoms with E-state index in [1.165, 1.54) is 0 Å².